The molecule has 0 saturated carbocycles. The van der Waals surface area contributed by atoms with Crippen molar-refractivity contribution in [3.05, 3.63) is 23.5 Å². The molecule has 1 aromatic heterocycles. The molecule has 4 heteroatoms. The van der Waals surface area contributed by atoms with E-state index in [4.69, 9.17) is 4.74 Å². The number of hydrogen-bond acceptors (Lipinski definition) is 2. The maximum atomic E-state index is 12.2. The standard InChI is InChI=1S/C14H22N2O2/c1-3-13(11-5-8-18-9-6-11)16-14(17)12-4-7-15-10(12)2/h4,7,11,13,15H,3,5-6,8-9H2,1-2H3,(H,16,17). The number of H-pyrrole nitrogens is 1. The van der Waals surface area contributed by atoms with E-state index < -0.39 is 0 Å². The summed E-state index contributed by atoms with van der Waals surface area (Å²) >= 11 is 0. The summed E-state index contributed by atoms with van der Waals surface area (Å²) in [7, 11) is 0. The zero-order valence-corrected chi connectivity index (χ0v) is 11.2. The summed E-state index contributed by atoms with van der Waals surface area (Å²) in [6, 6.07) is 2.09. The number of aryl methyl sites for hydroxylation is 1. The Morgan fingerprint density at radius 3 is 2.83 bits per heavy atom. The maximum Gasteiger partial charge on any atom is 0.253 e. The molecule has 2 N–H and O–H groups in total. The second-order valence-electron chi connectivity index (χ2n) is 4.95. The van der Waals surface area contributed by atoms with Crippen LogP contribution in [0.15, 0.2) is 12.3 Å². The van der Waals surface area contributed by atoms with Crippen molar-refractivity contribution in [2.75, 3.05) is 13.2 Å². The Bertz CT molecular complexity index is 394. The van der Waals surface area contributed by atoms with Gasteiger partial charge in [-0.1, -0.05) is 6.92 Å². The third-order valence-electron chi connectivity index (χ3n) is 3.79. The van der Waals surface area contributed by atoms with E-state index in [2.05, 4.69) is 17.2 Å². The minimum absolute atomic E-state index is 0.0343. The van der Waals surface area contributed by atoms with Crippen molar-refractivity contribution in [1.82, 2.24) is 10.3 Å². The van der Waals surface area contributed by atoms with E-state index in [9.17, 15) is 4.79 Å². The largest absolute Gasteiger partial charge is 0.381 e. The van der Waals surface area contributed by atoms with Crippen molar-refractivity contribution in [3.63, 3.8) is 0 Å². The van der Waals surface area contributed by atoms with Crippen LogP contribution in [0.25, 0.3) is 0 Å². The molecule has 100 valence electrons. The normalized spacial score (nSPS) is 18.6. The van der Waals surface area contributed by atoms with Gasteiger partial charge in [0.2, 0.25) is 0 Å². The molecular formula is C14H22N2O2. The molecule has 0 bridgehead atoms. The third kappa shape index (κ3) is 2.93. The monoisotopic (exact) mass is 250 g/mol. The molecule has 18 heavy (non-hydrogen) atoms. The SMILES string of the molecule is CCC(NC(=O)c1cc[nH]c1C)C1CCOCC1. The molecule has 0 aromatic carbocycles. The zero-order chi connectivity index (χ0) is 13.0. The molecule has 0 aliphatic carbocycles. The number of rotatable bonds is 4. The van der Waals surface area contributed by atoms with E-state index in [1.165, 1.54) is 0 Å². The lowest BCUT2D eigenvalue weighted by atomic mass is 9.90. The first-order chi connectivity index (χ1) is 8.72. The number of amides is 1. The van der Waals surface area contributed by atoms with Crippen molar-refractivity contribution in [1.29, 1.82) is 0 Å². The van der Waals surface area contributed by atoms with Gasteiger partial charge in [-0.25, -0.2) is 0 Å². The highest BCUT2D eigenvalue weighted by Gasteiger charge is 2.24. The van der Waals surface area contributed by atoms with Crippen LogP contribution in [0.5, 0.6) is 0 Å². The molecule has 4 nitrogen and oxygen atoms in total. The van der Waals surface area contributed by atoms with Crippen LogP contribution >= 0.6 is 0 Å². The molecule has 1 amide bonds. The summed E-state index contributed by atoms with van der Waals surface area (Å²) in [6.07, 6.45) is 4.87. The van der Waals surface area contributed by atoms with E-state index in [-0.39, 0.29) is 11.9 Å². The fourth-order valence-corrected chi connectivity index (χ4v) is 2.62. The van der Waals surface area contributed by atoms with Gasteiger partial charge in [-0.3, -0.25) is 4.79 Å². The maximum absolute atomic E-state index is 12.2. The molecule has 1 atom stereocenters. The van der Waals surface area contributed by atoms with Crippen LogP contribution in [0.4, 0.5) is 0 Å². The summed E-state index contributed by atoms with van der Waals surface area (Å²) in [5, 5.41) is 3.17. The Labute approximate surface area is 108 Å². The topological polar surface area (TPSA) is 54.1 Å². The number of carbonyl (C=O) groups is 1. The Hall–Kier alpha value is -1.29. The molecule has 1 aromatic rings. The van der Waals surface area contributed by atoms with E-state index in [1.54, 1.807) is 6.20 Å². The predicted octanol–water partition coefficient (Wildman–Crippen LogP) is 2.26. The summed E-state index contributed by atoms with van der Waals surface area (Å²) in [5.41, 5.74) is 1.68. The first-order valence-corrected chi connectivity index (χ1v) is 6.75. The average Bonchev–Trinajstić information content (AvgIpc) is 2.83. The Morgan fingerprint density at radius 2 is 2.28 bits per heavy atom. The molecule has 1 aliphatic rings. The fourth-order valence-electron chi connectivity index (χ4n) is 2.62. The van der Waals surface area contributed by atoms with Gasteiger partial charge in [-0.05, 0) is 38.2 Å². The van der Waals surface area contributed by atoms with Crippen LogP contribution in [-0.2, 0) is 4.74 Å². The van der Waals surface area contributed by atoms with Crippen LogP contribution in [-0.4, -0.2) is 30.1 Å². The minimum Gasteiger partial charge on any atom is -0.381 e. The number of aromatic nitrogens is 1. The van der Waals surface area contributed by atoms with Crippen LogP contribution in [0.1, 0.15) is 42.2 Å². The van der Waals surface area contributed by atoms with Gasteiger partial charge in [0.1, 0.15) is 0 Å². The van der Waals surface area contributed by atoms with Gasteiger partial charge in [0.05, 0.1) is 5.56 Å². The van der Waals surface area contributed by atoms with Crippen molar-refractivity contribution in [2.24, 2.45) is 5.92 Å². The number of ether oxygens (including phenoxy) is 1. The fraction of sp³-hybridized carbons (Fsp3) is 0.643. The molecule has 2 rings (SSSR count). The second-order valence-corrected chi connectivity index (χ2v) is 4.95. The van der Waals surface area contributed by atoms with Gasteiger partial charge < -0.3 is 15.0 Å². The van der Waals surface area contributed by atoms with E-state index >= 15 is 0 Å². The van der Waals surface area contributed by atoms with E-state index in [1.807, 2.05) is 13.0 Å². The lowest BCUT2D eigenvalue weighted by molar-refractivity contribution is 0.0510. The molecule has 1 fully saturated rings. The first-order valence-electron chi connectivity index (χ1n) is 6.75. The quantitative estimate of drug-likeness (QED) is 0.861. The van der Waals surface area contributed by atoms with Crippen LogP contribution < -0.4 is 5.32 Å². The number of hydrogen-bond donors (Lipinski definition) is 2. The predicted molar refractivity (Wildman–Crippen MR) is 70.6 cm³/mol. The van der Waals surface area contributed by atoms with Gasteiger partial charge >= 0.3 is 0 Å². The lowest BCUT2D eigenvalue weighted by Gasteiger charge is -2.30. The molecule has 0 spiro atoms. The number of nitrogens with one attached hydrogen (secondary N) is 2. The highest BCUT2D eigenvalue weighted by Crippen LogP contribution is 2.21. The molecule has 1 aliphatic heterocycles. The number of carbonyl (C=O) groups excluding carboxylic acids is 1. The van der Waals surface area contributed by atoms with Crippen molar-refractivity contribution in [2.45, 2.75) is 39.2 Å². The van der Waals surface area contributed by atoms with Crippen LogP contribution in [0.2, 0.25) is 0 Å². The Kier molecular flexibility index (Phi) is 4.42. The van der Waals surface area contributed by atoms with Gasteiger partial charge in [0.25, 0.3) is 5.91 Å². The Morgan fingerprint density at radius 1 is 1.56 bits per heavy atom. The summed E-state index contributed by atoms with van der Waals surface area (Å²) in [5.74, 6) is 0.582. The third-order valence-corrected chi connectivity index (χ3v) is 3.79. The van der Waals surface area contributed by atoms with Crippen molar-refractivity contribution >= 4 is 5.91 Å². The number of aromatic amines is 1. The lowest BCUT2D eigenvalue weighted by Crippen LogP contribution is -2.42. The van der Waals surface area contributed by atoms with Gasteiger partial charge in [-0.2, -0.15) is 0 Å². The first kappa shape index (κ1) is 13.1. The molecular weight excluding hydrogens is 228 g/mol. The summed E-state index contributed by atoms with van der Waals surface area (Å²) in [4.78, 5) is 15.2. The zero-order valence-electron chi connectivity index (χ0n) is 11.2. The van der Waals surface area contributed by atoms with Gasteiger partial charge in [0.15, 0.2) is 0 Å². The van der Waals surface area contributed by atoms with E-state index in [0.29, 0.717) is 5.92 Å². The molecule has 1 saturated heterocycles. The van der Waals surface area contributed by atoms with Crippen LogP contribution in [0.3, 0.4) is 0 Å². The van der Waals surface area contributed by atoms with Crippen molar-refractivity contribution < 1.29 is 9.53 Å². The van der Waals surface area contributed by atoms with Gasteiger partial charge in [-0.15, -0.1) is 0 Å². The van der Waals surface area contributed by atoms with E-state index in [0.717, 1.165) is 43.7 Å². The molecule has 1 unspecified atom stereocenters. The highest BCUT2D eigenvalue weighted by atomic mass is 16.5. The van der Waals surface area contributed by atoms with Crippen LogP contribution in [0, 0.1) is 12.8 Å². The average molecular weight is 250 g/mol. The van der Waals surface area contributed by atoms with Crippen molar-refractivity contribution in [3.8, 4) is 0 Å². The Balaban J connectivity index is 1.97. The smallest absolute Gasteiger partial charge is 0.253 e. The second kappa shape index (κ2) is 6.05. The summed E-state index contributed by atoms with van der Waals surface area (Å²) in [6.45, 7) is 5.69. The molecule has 2 heterocycles. The molecule has 0 radical (unpaired) electrons. The minimum atomic E-state index is 0.0343. The highest BCUT2D eigenvalue weighted by molar-refractivity contribution is 5.95. The van der Waals surface area contributed by atoms with Gasteiger partial charge in [0, 0.05) is 31.1 Å². The summed E-state index contributed by atoms with van der Waals surface area (Å²) < 4.78 is 5.37.